The van der Waals surface area contributed by atoms with Gasteiger partial charge in [-0.2, -0.15) is 0 Å². The lowest BCUT2D eigenvalue weighted by Gasteiger charge is -2.40. The van der Waals surface area contributed by atoms with Gasteiger partial charge in [0, 0.05) is 10.5 Å². The molecule has 0 radical (unpaired) electrons. The number of halogens is 1. The van der Waals surface area contributed by atoms with Gasteiger partial charge in [0.05, 0.1) is 18.3 Å². The van der Waals surface area contributed by atoms with Gasteiger partial charge in [0.25, 0.3) is 0 Å². The van der Waals surface area contributed by atoms with E-state index in [0.29, 0.717) is 6.04 Å². The van der Waals surface area contributed by atoms with E-state index in [1.54, 1.807) is 0 Å². The standard InChI is InChI=1S/C14H18BrNO2/c15-10-1-6-13-14(9-10)18-8-7-16(13)11-2-4-12(17)5-3-11/h1,6,9,11-12,17H,2-5,7-8H2/t11-,12-. The average molecular weight is 312 g/mol. The third-order valence-corrected chi connectivity index (χ3v) is 4.42. The van der Waals surface area contributed by atoms with E-state index in [0.717, 1.165) is 49.1 Å². The zero-order valence-corrected chi connectivity index (χ0v) is 11.9. The molecule has 0 spiro atoms. The number of aliphatic hydroxyl groups is 1. The van der Waals surface area contributed by atoms with Crippen LogP contribution in [0.3, 0.4) is 0 Å². The van der Waals surface area contributed by atoms with Gasteiger partial charge in [0.1, 0.15) is 12.4 Å². The molecule has 1 aliphatic heterocycles. The lowest BCUT2D eigenvalue weighted by Crippen LogP contribution is -2.43. The number of hydrogen-bond donors (Lipinski definition) is 1. The van der Waals surface area contributed by atoms with E-state index in [4.69, 9.17) is 4.74 Å². The Kier molecular flexibility index (Phi) is 3.48. The van der Waals surface area contributed by atoms with Gasteiger partial charge < -0.3 is 14.7 Å². The molecule has 2 aliphatic rings. The van der Waals surface area contributed by atoms with Crippen molar-refractivity contribution < 1.29 is 9.84 Å². The number of nitrogens with zero attached hydrogens (tertiary/aromatic N) is 1. The maximum Gasteiger partial charge on any atom is 0.143 e. The molecule has 0 saturated heterocycles. The highest BCUT2D eigenvalue weighted by atomic mass is 79.9. The molecule has 0 unspecified atom stereocenters. The predicted molar refractivity (Wildman–Crippen MR) is 75.2 cm³/mol. The molecular weight excluding hydrogens is 294 g/mol. The molecule has 1 fully saturated rings. The minimum atomic E-state index is -0.0910. The maximum atomic E-state index is 9.61. The van der Waals surface area contributed by atoms with E-state index < -0.39 is 0 Å². The van der Waals surface area contributed by atoms with E-state index in [2.05, 4.69) is 33.0 Å². The molecule has 3 rings (SSSR count). The molecule has 4 heteroatoms. The summed E-state index contributed by atoms with van der Waals surface area (Å²) in [5, 5.41) is 9.61. The molecule has 0 bridgehead atoms. The van der Waals surface area contributed by atoms with Crippen molar-refractivity contribution in [2.24, 2.45) is 0 Å². The van der Waals surface area contributed by atoms with Crippen molar-refractivity contribution in [3.05, 3.63) is 22.7 Å². The first-order valence-electron chi connectivity index (χ1n) is 6.61. The molecular formula is C14H18BrNO2. The van der Waals surface area contributed by atoms with Crippen LogP contribution < -0.4 is 9.64 Å². The van der Waals surface area contributed by atoms with E-state index >= 15 is 0 Å². The molecule has 0 atom stereocenters. The number of rotatable bonds is 1. The van der Waals surface area contributed by atoms with Crippen LogP contribution >= 0.6 is 15.9 Å². The second-order valence-corrected chi connectivity index (χ2v) is 6.03. The van der Waals surface area contributed by atoms with Crippen LogP contribution in [0.5, 0.6) is 5.75 Å². The van der Waals surface area contributed by atoms with E-state index in [9.17, 15) is 5.11 Å². The third-order valence-electron chi connectivity index (χ3n) is 3.93. The Labute approximate surface area is 116 Å². The molecule has 1 N–H and O–H groups in total. The fraction of sp³-hybridized carbons (Fsp3) is 0.571. The van der Waals surface area contributed by atoms with Crippen molar-refractivity contribution in [3.8, 4) is 5.75 Å². The topological polar surface area (TPSA) is 32.7 Å². The molecule has 1 heterocycles. The highest BCUT2D eigenvalue weighted by Crippen LogP contribution is 2.37. The Balaban J connectivity index is 1.82. The van der Waals surface area contributed by atoms with Gasteiger partial charge in [-0.15, -0.1) is 0 Å². The second kappa shape index (κ2) is 5.10. The molecule has 1 aromatic carbocycles. The van der Waals surface area contributed by atoms with Crippen LogP contribution in [-0.4, -0.2) is 30.4 Å². The number of anilines is 1. The van der Waals surface area contributed by atoms with Gasteiger partial charge >= 0.3 is 0 Å². The van der Waals surface area contributed by atoms with Gasteiger partial charge in [-0.3, -0.25) is 0 Å². The van der Waals surface area contributed by atoms with Crippen LogP contribution in [0.4, 0.5) is 5.69 Å². The molecule has 18 heavy (non-hydrogen) atoms. The quantitative estimate of drug-likeness (QED) is 0.865. The largest absolute Gasteiger partial charge is 0.490 e. The normalized spacial score (nSPS) is 27.6. The van der Waals surface area contributed by atoms with Gasteiger partial charge in [-0.1, -0.05) is 15.9 Å². The summed E-state index contributed by atoms with van der Waals surface area (Å²) < 4.78 is 6.78. The molecule has 98 valence electrons. The summed E-state index contributed by atoms with van der Waals surface area (Å²) in [6.07, 6.45) is 3.92. The molecule has 0 aromatic heterocycles. The predicted octanol–water partition coefficient (Wildman–Crippen LogP) is 2.95. The van der Waals surface area contributed by atoms with Gasteiger partial charge in [0.2, 0.25) is 0 Å². The van der Waals surface area contributed by atoms with Crippen molar-refractivity contribution in [2.75, 3.05) is 18.1 Å². The fourth-order valence-electron chi connectivity index (χ4n) is 2.96. The zero-order chi connectivity index (χ0) is 12.5. The van der Waals surface area contributed by atoms with Crippen molar-refractivity contribution in [1.82, 2.24) is 0 Å². The van der Waals surface area contributed by atoms with Gasteiger partial charge in [-0.05, 0) is 43.9 Å². The summed E-state index contributed by atoms with van der Waals surface area (Å²) in [4.78, 5) is 2.46. The van der Waals surface area contributed by atoms with Crippen LogP contribution in [0.25, 0.3) is 0 Å². The van der Waals surface area contributed by atoms with Crippen LogP contribution in [-0.2, 0) is 0 Å². The lowest BCUT2D eigenvalue weighted by atomic mass is 9.91. The first kappa shape index (κ1) is 12.3. The van der Waals surface area contributed by atoms with E-state index in [-0.39, 0.29) is 6.10 Å². The van der Waals surface area contributed by atoms with Crippen LogP contribution in [0, 0.1) is 0 Å². The number of fused-ring (bicyclic) bond motifs is 1. The van der Waals surface area contributed by atoms with E-state index in [1.165, 1.54) is 5.69 Å². The fourth-order valence-corrected chi connectivity index (χ4v) is 3.30. The van der Waals surface area contributed by atoms with Gasteiger partial charge in [0.15, 0.2) is 0 Å². The average Bonchev–Trinajstić information content (AvgIpc) is 2.38. The van der Waals surface area contributed by atoms with Crippen molar-refractivity contribution in [1.29, 1.82) is 0 Å². The smallest absolute Gasteiger partial charge is 0.143 e. The van der Waals surface area contributed by atoms with Gasteiger partial charge in [-0.25, -0.2) is 0 Å². The monoisotopic (exact) mass is 311 g/mol. The second-order valence-electron chi connectivity index (χ2n) is 5.12. The Morgan fingerprint density at radius 2 is 2.00 bits per heavy atom. The Morgan fingerprint density at radius 3 is 2.78 bits per heavy atom. The first-order valence-corrected chi connectivity index (χ1v) is 7.40. The Hall–Kier alpha value is -0.740. The summed E-state index contributed by atoms with van der Waals surface area (Å²) in [5.41, 5.74) is 1.20. The minimum Gasteiger partial charge on any atom is -0.490 e. The van der Waals surface area contributed by atoms with Crippen LogP contribution in [0.15, 0.2) is 22.7 Å². The number of hydrogen-bond acceptors (Lipinski definition) is 3. The van der Waals surface area contributed by atoms with Crippen molar-refractivity contribution >= 4 is 21.6 Å². The van der Waals surface area contributed by atoms with Crippen molar-refractivity contribution in [2.45, 2.75) is 37.8 Å². The number of benzene rings is 1. The summed E-state index contributed by atoms with van der Waals surface area (Å²) in [7, 11) is 0. The summed E-state index contributed by atoms with van der Waals surface area (Å²) >= 11 is 3.48. The number of aliphatic hydroxyl groups excluding tert-OH is 1. The summed E-state index contributed by atoms with van der Waals surface area (Å²) in [5.74, 6) is 0.974. The highest BCUT2D eigenvalue weighted by Gasteiger charge is 2.28. The third kappa shape index (κ3) is 2.36. The van der Waals surface area contributed by atoms with Crippen molar-refractivity contribution in [3.63, 3.8) is 0 Å². The molecule has 0 amide bonds. The maximum absolute atomic E-state index is 9.61. The van der Waals surface area contributed by atoms with Crippen LogP contribution in [0.2, 0.25) is 0 Å². The lowest BCUT2D eigenvalue weighted by molar-refractivity contribution is 0.120. The minimum absolute atomic E-state index is 0.0910. The molecule has 3 nitrogen and oxygen atoms in total. The first-order chi connectivity index (χ1) is 8.74. The zero-order valence-electron chi connectivity index (χ0n) is 10.3. The Morgan fingerprint density at radius 1 is 1.22 bits per heavy atom. The summed E-state index contributed by atoms with van der Waals surface area (Å²) in [6, 6.07) is 6.79. The Bertz CT molecular complexity index is 430. The SMILES string of the molecule is O[C@H]1CC[C@H](N2CCOc3cc(Br)ccc32)CC1. The number of ether oxygens (including phenoxy) is 1. The molecule has 1 aliphatic carbocycles. The molecule has 1 aromatic rings. The van der Waals surface area contributed by atoms with E-state index in [1.807, 2.05) is 6.07 Å². The summed E-state index contributed by atoms with van der Waals surface area (Å²) in [6.45, 7) is 1.71. The van der Waals surface area contributed by atoms with Crippen LogP contribution in [0.1, 0.15) is 25.7 Å². The highest BCUT2D eigenvalue weighted by molar-refractivity contribution is 9.10. The molecule has 1 saturated carbocycles.